The Morgan fingerprint density at radius 1 is 1.44 bits per heavy atom. The molecule has 0 radical (unpaired) electrons. The number of nitrogens with zero attached hydrogens (tertiary/aromatic N) is 2. The van der Waals surface area contributed by atoms with E-state index in [9.17, 15) is 0 Å². The van der Waals surface area contributed by atoms with Gasteiger partial charge in [-0.2, -0.15) is 5.10 Å². The van der Waals surface area contributed by atoms with Gasteiger partial charge in [0, 0.05) is 19.3 Å². The predicted octanol–water partition coefficient (Wildman–Crippen LogP) is 2.26. The minimum absolute atomic E-state index is 0.389. The van der Waals surface area contributed by atoms with E-state index < -0.39 is 0 Å². The van der Waals surface area contributed by atoms with Crippen molar-refractivity contribution in [1.82, 2.24) is 9.78 Å². The van der Waals surface area contributed by atoms with Gasteiger partial charge in [0.25, 0.3) is 0 Å². The van der Waals surface area contributed by atoms with E-state index in [2.05, 4.69) is 11.3 Å². The van der Waals surface area contributed by atoms with E-state index in [0.29, 0.717) is 6.04 Å². The minimum Gasteiger partial charge on any atom is -0.327 e. The van der Waals surface area contributed by atoms with Gasteiger partial charge in [-0.15, -0.1) is 0 Å². The summed E-state index contributed by atoms with van der Waals surface area (Å²) in [6.07, 6.45) is 13.1. The SMILES string of the molecule is Cn1cc(CCC(N)C2CCCCC2)cn1. The van der Waals surface area contributed by atoms with Crippen molar-refractivity contribution < 1.29 is 0 Å². The Hall–Kier alpha value is -0.830. The third-order valence-corrected chi connectivity index (χ3v) is 3.78. The van der Waals surface area contributed by atoms with E-state index >= 15 is 0 Å². The van der Waals surface area contributed by atoms with Gasteiger partial charge < -0.3 is 5.73 Å². The van der Waals surface area contributed by atoms with Crippen molar-refractivity contribution >= 4 is 0 Å². The van der Waals surface area contributed by atoms with Crippen molar-refractivity contribution in [2.75, 3.05) is 0 Å². The quantitative estimate of drug-likeness (QED) is 0.847. The highest BCUT2D eigenvalue weighted by Crippen LogP contribution is 2.27. The standard InChI is InChI=1S/C13H23N3/c1-16-10-11(9-15-16)7-8-13(14)12-5-3-2-4-6-12/h9-10,12-13H,2-8,14H2,1H3. The predicted molar refractivity (Wildman–Crippen MR) is 66.1 cm³/mol. The monoisotopic (exact) mass is 221 g/mol. The first-order valence-electron chi connectivity index (χ1n) is 6.49. The van der Waals surface area contributed by atoms with Crippen molar-refractivity contribution in [1.29, 1.82) is 0 Å². The summed E-state index contributed by atoms with van der Waals surface area (Å²) >= 11 is 0. The Kier molecular flexibility index (Phi) is 3.99. The molecular formula is C13H23N3. The van der Waals surface area contributed by atoms with Crippen molar-refractivity contribution in [3.8, 4) is 0 Å². The van der Waals surface area contributed by atoms with Crippen LogP contribution in [0.1, 0.15) is 44.1 Å². The minimum atomic E-state index is 0.389. The highest BCUT2D eigenvalue weighted by atomic mass is 15.2. The number of nitrogens with two attached hydrogens (primary N) is 1. The van der Waals surface area contributed by atoms with E-state index in [0.717, 1.165) is 18.8 Å². The summed E-state index contributed by atoms with van der Waals surface area (Å²) in [4.78, 5) is 0. The van der Waals surface area contributed by atoms with Gasteiger partial charge in [-0.25, -0.2) is 0 Å². The average molecular weight is 221 g/mol. The second kappa shape index (κ2) is 5.48. The Morgan fingerprint density at radius 2 is 2.19 bits per heavy atom. The van der Waals surface area contributed by atoms with Gasteiger partial charge >= 0.3 is 0 Å². The largest absolute Gasteiger partial charge is 0.327 e. The summed E-state index contributed by atoms with van der Waals surface area (Å²) in [5.74, 6) is 0.769. The molecule has 0 amide bonds. The van der Waals surface area contributed by atoms with E-state index in [4.69, 9.17) is 5.73 Å². The molecule has 0 bridgehead atoms. The van der Waals surface area contributed by atoms with Crippen LogP contribution in [0.15, 0.2) is 12.4 Å². The van der Waals surface area contributed by atoms with Crippen molar-refractivity contribution in [3.05, 3.63) is 18.0 Å². The normalized spacial score (nSPS) is 19.9. The fourth-order valence-electron chi connectivity index (χ4n) is 2.73. The molecule has 90 valence electrons. The van der Waals surface area contributed by atoms with Crippen LogP contribution in [0.3, 0.4) is 0 Å². The molecule has 1 unspecified atom stereocenters. The maximum Gasteiger partial charge on any atom is 0.0521 e. The second-order valence-electron chi connectivity index (χ2n) is 5.12. The molecule has 2 rings (SSSR count). The molecule has 1 aliphatic carbocycles. The summed E-state index contributed by atoms with van der Waals surface area (Å²) in [5.41, 5.74) is 7.59. The van der Waals surface area contributed by atoms with Crippen LogP contribution in [0.4, 0.5) is 0 Å². The van der Waals surface area contributed by atoms with Crippen molar-refractivity contribution in [2.45, 2.75) is 51.0 Å². The van der Waals surface area contributed by atoms with Crippen LogP contribution in [0.2, 0.25) is 0 Å². The average Bonchev–Trinajstić information content (AvgIpc) is 2.73. The van der Waals surface area contributed by atoms with Crippen LogP contribution in [0.25, 0.3) is 0 Å². The third kappa shape index (κ3) is 3.08. The first-order chi connectivity index (χ1) is 7.75. The van der Waals surface area contributed by atoms with Gasteiger partial charge in [0.05, 0.1) is 6.20 Å². The molecule has 1 aromatic heterocycles. The van der Waals surface area contributed by atoms with Crippen LogP contribution in [0.5, 0.6) is 0 Å². The second-order valence-corrected chi connectivity index (χ2v) is 5.12. The van der Waals surface area contributed by atoms with E-state index in [1.807, 2.05) is 17.9 Å². The van der Waals surface area contributed by atoms with Crippen LogP contribution < -0.4 is 5.73 Å². The van der Waals surface area contributed by atoms with E-state index in [-0.39, 0.29) is 0 Å². The lowest BCUT2D eigenvalue weighted by Crippen LogP contribution is -2.32. The molecule has 1 atom stereocenters. The van der Waals surface area contributed by atoms with Gasteiger partial charge in [0.2, 0.25) is 0 Å². The fraction of sp³-hybridized carbons (Fsp3) is 0.769. The Bertz CT molecular complexity index is 313. The zero-order valence-electron chi connectivity index (χ0n) is 10.2. The molecule has 0 spiro atoms. The first-order valence-corrected chi connectivity index (χ1v) is 6.49. The summed E-state index contributed by atoms with van der Waals surface area (Å²) in [6.45, 7) is 0. The number of hydrogen-bond acceptors (Lipinski definition) is 2. The maximum absolute atomic E-state index is 6.28. The summed E-state index contributed by atoms with van der Waals surface area (Å²) in [7, 11) is 1.96. The molecular weight excluding hydrogens is 198 g/mol. The van der Waals surface area contributed by atoms with Crippen LogP contribution in [-0.4, -0.2) is 15.8 Å². The van der Waals surface area contributed by atoms with Gasteiger partial charge in [-0.1, -0.05) is 19.3 Å². The molecule has 1 fully saturated rings. The number of hydrogen-bond donors (Lipinski definition) is 1. The van der Waals surface area contributed by atoms with Crippen molar-refractivity contribution in [3.63, 3.8) is 0 Å². The lowest BCUT2D eigenvalue weighted by Gasteiger charge is -2.27. The molecule has 3 heteroatoms. The van der Waals surface area contributed by atoms with Crippen LogP contribution >= 0.6 is 0 Å². The third-order valence-electron chi connectivity index (χ3n) is 3.78. The Balaban J connectivity index is 1.76. The fourth-order valence-corrected chi connectivity index (χ4v) is 2.73. The first kappa shape index (κ1) is 11.6. The van der Waals surface area contributed by atoms with Crippen molar-refractivity contribution in [2.24, 2.45) is 18.7 Å². The Morgan fingerprint density at radius 3 is 2.81 bits per heavy atom. The van der Waals surface area contributed by atoms with Gasteiger partial charge in [-0.05, 0) is 37.2 Å². The van der Waals surface area contributed by atoms with Gasteiger partial charge in [0.15, 0.2) is 0 Å². The number of aryl methyl sites for hydroxylation is 2. The zero-order valence-corrected chi connectivity index (χ0v) is 10.2. The van der Waals surface area contributed by atoms with Crippen LogP contribution in [-0.2, 0) is 13.5 Å². The molecule has 1 aliphatic rings. The summed E-state index contributed by atoms with van der Waals surface area (Å²) < 4.78 is 1.86. The topological polar surface area (TPSA) is 43.8 Å². The molecule has 0 aromatic carbocycles. The summed E-state index contributed by atoms with van der Waals surface area (Å²) in [6, 6.07) is 0.389. The number of rotatable bonds is 4. The molecule has 3 nitrogen and oxygen atoms in total. The molecule has 16 heavy (non-hydrogen) atoms. The molecule has 1 saturated carbocycles. The Labute approximate surface area is 98.0 Å². The smallest absolute Gasteiger partial charge is 0.0521 e. The molecule has 0 saturated heterocycles. The van der Waals surface area contributed by atoms with Crippen LogP contribution in [0, 0.1) is 5.92 Å². The summed E-state index contributed by atoms with van der Waals surface area (Å²) in [5, 5.41) is 4.18. The van der Waals surface area contributed by atoms with E-state index in [1.54, 1.807) is 0 Å². The molecule has 1 heterocycles. The van der Waals surface area contributed by atoms with Gasteiger partial charge in [0.1, 0.15) is 0 Å². The lowest BCUT2D eigenvalue weighted by molar-refractivity contribution is 0.295. The molecule has 0 aliphatic heterocycles. The highest BCUT2D eigenvalue weighted by Gasteiger charge is 2.20. The van der Waals surface area contributed by atoms with E-state index in [1.165, 1.54) is 37.7 Å². The molecule has 2 N–H and O–H groups in total. The zero-order chi connectivity index (χ0) is 11.4. The maximum atomic E-state index is 6.28. The lowest BCUT2D eigenvalue weighted by atomic mass is 9.82. The molecule has 1 aromatic rings. The highest BCUT2D eigenvalue weighted by molar-refractivity contribution is 5.04. The number of aromatic nitrogens is 2. The van der Waals surface area contributed by atoms with Gasteiger partial charge in [-0.3, -0.25) is 4.68 Å².